The van der Waals surface area contributed by atoms with E-state index in [1.807, 2.05) is 12.1 Å². The number of rotatable bonds is 2. The summed E-state index contributed by atoms with van der Waals surface area (Å²) in [6, 6.07) is 5.45. The highest BCUT2D eigenvalue weighted by atomic mass is 16.5. The van der Waals surface area contributed by atoms with Crippen molar-refractivity contribution in [2.24, 2.45) is 4.99 Å². The Morgan fingerprint density at radius 2 is 2.50 bits per heavy atom. The Labute approximate surface area is 59.4 Å². The second kappa shape index (κ2) is 3.61. The van der Waals surface area contributed by atoms with Gasteiger partial charge in [0.15, 0.2) is 6.40 Å². The first kappa shape index (κ1) is 6.74. The zero-order valence-electron chi connectivity index (χ0n) is 5.69. The number of aromatic nitrogens is 1. The Bertz CT molecular complexity index is 208. The van der Waals surface area contributed by atoms with E-state index in [1.165, 1.54) is 6.40 Å². The lowest BCUT2D eigenvalue weighted by Crippen LogP contribution is -1.90. The standard InChI is InChI=1S/C7H8N2O/c1-8-6-10-7-4-2-3-5-9-7/h2-6H,1H3. The van der Waals surface area contributed by atoms with Crippen molar-refractivity contribution in [2.75, 3.05) is 7.05 Å². The number of ether oxygens (including phenoxy) is 1. The predicted molar refractivity (Wildman–Crippen MR) is 39.3 cm³/mol. The van der Waals surface area contributed by atoms with Gasteiger partial charge in [-0.15, -0.1) is 0 Å². The molecule has 0 aromatic carbocycles. The number of hydrogen-bond acceptors (Lipinski definition) is 3. The Morgan fingerprint density at radius 1 is 1.60 bits per heavy atom. The Balaban J connectivity index is 2.59. The molecule has 3 nitrogen and oxygen atoms in total. The van der Waals surface area contributed by atoms with E-state index < -0.39 is 0 Å². The van der Waals surface area contributed by atoms with Crippen molar-refractivity contribution in [3.8, 4) is 5.88 Å². The minimum atomic E-state index is 0.563. The highest BCUT2D eigenvalue weighted by Crippen LogP contribution is 2.00. The van der Waals surface area contributed by atoms with Crippen molar-refractivity contribution < 1.29 is 4.74 Å². The van der Waals surface area contributed by atoms with E-state index in [4.69, 9.17) is 4.74 Å². The van der Waals surface area contributed by atoms with Crippen LogP contribution in [0.1, 0.15) is 0 Å². The van der Waals surface area contributed by atoms with Gasteiger partial charge < -0.3 is 4.74 Å². The lowest BCUT2D eigenvalue weighted by Gasteiger charge is -1.93. The average Bonchev–Trinajstić information content (AvgIpc) is 2.03. The largest absolute Gasteiger partial charge is 0.428 e. The van der Waals surface area contributed by atoms with Crippen LogP contribution in [-0.4, -0.2) is 18.4 Å². The molecular weight excluding hydrogens is 128 g/mol. The molecule has 1 aromatic rings. The van der Waals surface area contributed by atoms with Crippen molar-refractivity contribution in [2.45, 2.75) is 0 Å². The van der Waals surface area contributed by atoms with Gasteiger partial charge in [-0.2, -0.15) is 0 Å². The summed E-state index contributed by atoms with van der Waals surface area (Å²) in [5.74, 6) is 0.563. The molecule has 0 fully saturated rings. The third kappa shape index (κ3) is 1.85. The summed E-state index contributed by atoms with van der Waals surface area (Å²) in [6.07, 6.45) is 3.02. The summed E-state index contributed by atoms with van der Waals surface area (Å²) in [6.45, 7) is 0. The fourth-order valence-electron chi connectivity index (χ4n) is 0.524. The molecule has 0 saturated heterocycles. The molecule has 10 heavy (non-hydrogen) atoms. The first-order chi connectivity index (χ1) is 4.93. The van der Waals surface area contributed by atoms with Crippen LogP contribution in [0.2, 0.25) is 0 Å². The topological polar surface area (TPSA) is 34.5 Å². The van der Waals surface area contributed by atoms with Crippen LogP contribution in [0.15, 0.2) is 29.4 Å². The van der Waals surface area contributed by atoms with Crippen LogP contribution in [0.5, 0.6) is 5.88 Å². The predicted octanol–water partition coefficient (Wildman–Crippen LogP) is 1.12. The molecular formula is C7H8N2O. The number of pyridine rings is 1. The molecule has 3 heteroatoms. The first-order valence-electron chi connectivity index (χ1n) is 2.92. The van der Waals surface area contributed by atoms with Crippen LogP contribution in [0.4, 0.5) is 0 Å². The van der Waals surface area contributed by atoms with Gasteiger partial charge in [0.25, 0.3) is 0 Å². The van der Waals surface area contributed by atoms with Gasteiger partial charge in [0.2, 0.25) is 5.88 Å². The van der Waals surface area contributed by atoms with Crippen molar-refractivity contribution in [1.29, 1.82) is 0 Å². The molecule has 1 heterocycles. The smallest absolute Gasteiger partial charge is 0.220 e. The van der Waals surface area contributed by atoms with Gasteiger partial charge >= 0.3 is 0 Å². The van der Waals surface area contributed by atoms with E-state index in [2.05, 4.69) is 9.98 Å². The van der Waals surface area contributed by atoms with E-state index in [9.17, 15) is 0 Å². The monoisotopic (exact) mass is 136 g/mol. The zero-order valence-corrected chi connectivity index (χ0v) is 5.69. The highest BCUT2D eigenvalue weighted by Gasteiger charge is 1.85. The molecule has 1 aromatic heterocycles. The Hall–Kier alpha value is -1.38. The maximum Gasteiger partial charge on any atom is 0.220 e. The molecule has 0 radical (unpaired) electrons. The molecule has 0 unspecified atom stereocenters. The lowest BCUT2D eigenvalue weighted by molar-refractivity contribution is 0.548. The van der Waals surface area contributed by atoms with E-state index in [0.29, 0.717) is 5.88 Å². The van der Waals surface area contributed by atoms with Gasteiger partial charge in [0, 0.05) is 19.3 Å². The molecule has 1 rings (SSSR count). The van der Waals surface area contributed by atoms with Crippen LogP contribution < -0.4 is 4.74 Å². The van der Waals surface area contributed by atoms with E-state index >= 15 is 0 Å². The second-order valence-electron chi connectivity index (χ2n) is 1.65. The van der Waals surface area contributed by atoms with E-state index in [1.54, 1.807) is 19.3 Å². The fourth-order valence-corrected chi connectivity index (χ4v) is 0.524. The Kier molecular flexibility index (Phi) is 2.43. The highest BCUT2D eigenvalue weighted by molar-refractivity contribution is 5.49. The van der Waals surface area contributed by atoms with Gasteiger partial charge in [-0.1, -0.05) is 6.07 Å². The van der Waals surface area contributed by atoms with E-state index in [0.717, 1.165) is 0 Å². The van der Waals surface area contributed by atoms with Crippen LogP contribution in [0.25, 0.3) is 0 Å². The molecule has 0 aliphatic heterocycles. The van der Waals surface area contributed by atoms with Crippen molar-refractivity contribution in [3.63, 3.8) is 0 Å². The average molecular weight is 136 g/mol. The number of nitrogens with zero attached hydrogens (tertiary/aromatic N) is 2. The minimum absolute atomic E-state index is 0.563. The third-order valence-electron chi connectivity index (χ3n) is 0.917. The number of hydrogen-bond donors (Lipinski definition) is 0. The molecule has 0 atom stereocenters. The fraction of sp³-hybridized carbons (Fsp3) is 0.143. The normalized spacial score (nSPS) is 10.1. The number of aliphatic imine (C=N–C) groups is 1. The molecule has 0 aliphatic carbocycles. The van der Waals surface area contributed by atoms with Crippen LogP contribution in [0, 0.1) is 0 Å². The quantitative estimate of drug-likeness (QED) is 0.451. The minimum Gasteiger partial charge on any atom is -0.428 e. The zero-order chi connectivity index (χ0) is 7.23. The van der Waals surface area contributed by atoms with Crippen LogP contribution in [-0.2, 0) is 0 Å². The summed E-state index contributed by atoms with van der Waals surface area (Å²) < 4.78 is 4.95. The molecule has 52 valence electrons. The summed E-state index contributed by atoms with van der Waals surface area (Å²) in [5, 5.41) is 0. The second-order valence-corrected chi connectivity index (χ2v) is 1.65. The van der Waals surface area contributed by atoms with Gasteiger partial charge in [0.1, 0.15) is 0 Å². The lowest BCUT2D eigenvalue weighted by atomic mass is 10.5. The Morgan fingerprint density at radius 3 is 3.10 bits per heavy atom. The summed E-state index contributed by atoms with van der Waals surface area (Å²) in [4.78, 5) is 7.55. The van der Waals surface area contributed by atoms with Gasteiger partial charge in [-0.3, -0.25) is 4.99 Å². The van der Waals surface area contributed by atoms with Crippen molar-refractivity contribution in [3.05, 3.63) is 24.4 Å². The maximum atomic E-state index is 4.95. The third-order valence-corrected chi connectivity index (χ3v) is 0.917. The van der Waals surface area contributed by atoms with Crippen molar-refractivity contribution >= 4 is 6.40 Å². The SMILES string of the molecule is CN=COc1ccccn1. The maximum absolute atomic E-state index is 4.95. The van der Waals surface area contributed by atoms with Gasteiger partial charge in [0.05, 0.1) is 0 Å². The molecule has 0 bridgehead atoms. The molecule has 0 spiro atoms. The molecule has 0 saturated carbocycles. The summed E-state index contributed by atoms with van der Waals surface area (Å²) >= 11 is 0. The summed E-state index contributed by atoms with van der Waals surface area (Å²) in [5.41, 5.74) is 0. The van der Waals surface area contributed by atoms with Gasteiger partial charge in [-0.25, -0.2) is 4.98 Å². The van der Waals surface area contributed by atoms with Crippen LogP contribution in [0.3, 0.4) is 0 Å². The van der Waals surface area contributed by atoms with E-state index in [-0.39, 0.29) is 0 Å². The summed E-state index contributed by atoms with van der Waals surface area (Å²) in [7, 11) is 1.64. The molecule has 0 N–H and O–H groups in total. The first-order valence-corrected chi connectivity index (χ1v) is 2.92. The molecule has 0 amide bonds. The van der Waals surface area contributed by atoms with Gasteiger partial charge in [-0.05, 0) is 6.07 Å². The molecule has 0 aliphatic rings. The van der Waals surface area contributed by atoms with Crippen LogP contribution >= 0.6 is 0 Å². The van der Waals surface area contributed by atoms with Crippen molar-refractivity contribution in [1.82, 2.24) is 4.98 Å².